The van der Waals surface area contributed by atoms with Gasteiger partial charge in [0.25, 0.3) is 0 Å². The maximum absolute atomic E-state index is 12.1. The van der Waals surface area contributed by atoms with E-state index in [1.807, 2.05) is 18.2 Å². The van der Waals surface area contributed by atoms with Gasteiger partial charge in [0.1, 0.15) is 0 Å². The molecule has 1 aromatic heterocycles. The van der Waals surface area contributed by atoms with E-state index < -0.39 is 0 Å². The van der Waals surface area contributed by atoms with Crippen LogP contribution in [0.3, 0.4) is 0 Å². The Bertz CT molecular complexity index is 900. The van der Waals surface area contributed by atoms with Crippen LogP contribution in [0.15, 0.2) is 54.6 Å². The summed E-state index contributed by atoms with van der Waals surface area (Å²) >= 11 is 0. The molecule has 1 unspecified atom stereocenters. The van der Waals surface area contributed by atoms with Crippen LogP contribution in [0, 0.1) is 5.92 Å². The van der Waals surface area contributed by atoms with E-state index in [1.165, 1.54) is 18.4 Å². The summed E-state index contributed by atoms with van der Waals surface area (Å²) in [5, 5.41) is 0. The molecule has 3 aromatic rings. The second-order valence-electron chi connectivity index (χ2n) is 7.32. The van der Waals surface area contributed by atoms with E-state index in [1.54, 1.807) is 6.92 Å². The smallest absolute Gasteiger partial charge is 0.195 e. The molecule has 0 N–H and O–H groups in total. The van der Waals surface area contributed by atoms with E-state index in [4.69, 9.17) is 0 Å². The number of nitrogens with zero attached hydrogens (tertiary/aromatic N) is 3. The Morgan fingerprint density at radius 2 is 1.88 bits per heavy atom. The molecule has 0 radical (unpaired) electrons. The third-order valence-electron chi connectivity index (χ3n) is 5.26. The maximum atomic E-state index is 12.1. The van der Waals surface area contributed by atoms with Crippen LogP contribution >= 0.6 is 0 Å². The van der Waals surface area contributed by atoms with Gasteiger partial charge in [0.15, 0.2) is 11.6 Å². The molecule has 0 saturated carbocycles. The number of benzene rings is 2. The maximum Gasteiger partial charge on any atom is 0.195 e. The molecule has 1 fully saturated rings. The lowest BCUT2D eigenvalue weighted by Crippen LogP contribution is -2.36. The molecule has 2 aromatic carbocycles. The summed E-state index contributed by atoms with van der Waals surface area (Å²) in [5.41, 5.74) is 3.35. The fourth-order valence-electron chi connectivity index (χ4n) is 4.07. The Labute approximate surface area is 154 Å². The molecular weight excluding hydrogens is 322 g/mol. The van der Waals surface area contributed by atoms with Crippen molar-refractivity contribution < 1.29 is 4.79 Å². The molecule has 4 nitrogen and oxygen atoms in total. The van der Waals surface area contributed by atoms with Crippen LogP contribution < -0.4 is 0 Å². The Kier molecular flexibility index (Phi) is 4.85. The van der Waals surface area contributed by atoms with Gasteiger partial charge in [-0.1, -0.05) is 42.5 Å². The number of piperidine rings is 1. The molecule has 134 valence electrons. The third-order valence-corrected chi connectivity index (χ3v) is 5.26. The zero-order valence-electron chi connectivity index (χ0n) is 15.3. The lowest BCUT2D eigenvalue weighted by molar-refractivity contribution is 0.0995. The highest BCUT2D eigenvalue weighted by molar-refractivity contribution is 5.94. The van der Waals surface area contributed by atoms with Gasteiger partial charge in [-0.25, -0.2) is 4.98 Å². The third kappa shape index (κ3) is 3.56. The highest BCUT2D eigenvalue weighted by Gasteiger charge is 2.23. The van der Waals surface area contributed by atoms with Gasteiger partial charge < -0.3 is 4.57 Å². The van der Waals surface area contributed by atoms with Gasteiger partial charge in [-0.2, -0.15) is 0 Å². The predicted molar refractivity (Wildman–Crippen MR) is 104 cm³/mol. The van der Waals surface area contributed by atoms with Crippen molar-refractivity contribution in [3.05, 3.63) is 66.0 Å². The van der Waals surface area contributed by atoms with Crippen molar-refractivity contribution in [1.82, 2.24) is 14.5 Å². The molecule has 4 rings (SSSR count). The first-order chi connectivity index (χ1) is 12.7. The summed E-state index contributed by atoms with van der Waals surface area (Å²) in [5.74, 6) is 1.17. The molecular formula is C22H25N3O. The first kappa shape index (κ1) is 17.0. The molecule has 1 aliphatic heterocycles. The van der Waals surface area contributed by atoms with Gasteiger partial charge >= 0.3 is 0 Å². The fraction of sp³-hybridized carbons (Fsp3) is 0.364. The topological polar surface area (TPSA) is 38.1 Å². The summed E-state index contributed by atoms with van der Waals surface area (Å²) in [6.07, 6.45) is 2.41. The number of ketones is 1. The Balaban J connectivity index is 1.53. The number of Topliss-reactive ketones (excluding diaryl/α,β-unsaturated/α-hetero) is 1. The highest BCUT2D eigenvalue weighted by Crippen LogP contribution is 2.24. The van der Waals surface area contributed by atoms with E-state index in [0.29, 0.717) is 11.7 Å². The fourth-order valence-corrected chi connectivity index (χ4v) is 4.07. The lowest BCUT2D eigenvalue weighted by atomic mass is 9.97. The van der Waals surface area contributed by atoms with Crippen LogP contribution in [0.25, 0.3) is 11.0 Å². The number of imidazole rings is 1. The van der Waals surface area contributed by atoms with Crippen molar-refractivity contribution >= 4 is 16.8 Å². The highest BCUT2D eigenvalue weighted by atomic mass is 16.1. The zero-order valence-corrected chi connectivity index (χ0v) is 15.3. The van der Waals surface area contributed by atoms with Crippen LogP contribution in [0.4, 0.5) is 0 Å². The van der Waals surface area contributed by atoms with E-state index in [0.717, 1.165) is 37.2 Å². The Morgan fingerprint density at radius 1 is 1.12 bits per heavy atom. The monoisotopic (exact) mass is 347 g/mol. The molecule has 0 bridgehead atoms. The van der Waals surface area contributed by atoms with Crippen LogP contribution in [-0.4, -0.2) is 33.3 Å². The summed E-state index contributed by atoms with van der Waals surface area (Å²) in [4.78, 5) is 19.2. The number of hydrogen-bond donors (Lipinski definition) is 0. The van der Waals surface area contributed by atoms with Gasteiger partial charge in [-0.05, 0) is 43.0 Å². The normalized spacial score (nSPS) is 18.3. The average molecular weight is 347 g/mol. The zero-order chi connectivity index (χ0) is 17.9. The average Bonchev–Trinajstić information content (AvgIpc) is 3.02. The number of aromatic nitrogens is 2. The first-order valence-corrected chi connectivity index (χ1v) is 9.43. The van der Waals surface area contributed by atoms with Crippen LogP contribution in [0.2, 0.25) is 0 Å². The number of carbonyl (C=O) groups excluding carboxylic acids is 1. The molecule has 0 spiro atoms. The molecule has 1 atom stereocenters. The molecule has 4 heteroatoms. The largest absolute Gasteiger partial charge is 0.321 e. The number of hydrogen-bond acceptors (Lipinski definition) is 3. The summed E-state index contributed by atoms with van der Waals surface area (Å²) < 4.78 is 2.13. The van der Waals surface area contributed by atoms with Crippen molar-refractivity contribution in [2.45, 2.75) is 32.9 Å². The van der Waals surface area contributed by atoms with Crippen molar-refractivity contribution in [2.24, 2.45) is 5.92 Å². The van der Waals surface area contributed by atoms with E-state index in [9.17, 15) is 4.79 Å². The molecule has 2 heterocycles. The summed E-state index contributed by atoms with van der Waals surface area (Å²) in [6.45, 7) is 5.69. The van der Waals surface area contributed by atoms with Gasteiger partial charge in [0.05, 0.1) is 11.0 Å². The minimum Gasteiger partial charge on any atom is -0.321 e. The second kappa shape index (κ2) is 7.42. The number of para-hydroxylation sites is 2. The van der Waals surface area contributed by atoms with Crippen molar-refractivity contribution in [2.75, 3.05) is 13.1 Å². The molecule has 0 amide bonds. The standard InChI is InChI=1S/C22H25N3O/c1-17(26)22-23-20-11-5-6-12-21(20)25(22)16-19-10-7-13-24(15-19)14-18-8-3-2-4-9-18/h2-6,8-9,11-12,19H,7,10,13-16H2,1H3. The molecule has 0 aliphatic carbocycles. The van der Waals surface area contributed by atoms with E-state index >= 15 is 0 Å². The van der Waals surface area contributed by atoms with Crippen LogP contribution in [0.5, 0.6) is 0 Å². The predicted octanol–water partition coefficient (Wildman–Crippen LogP) is 4.15. The first-order valence-electron chi connectivity index (χ1n) is 9.43. The summed E-state index contributed by atoms with van der Waals surface area (Å²) in [7, 11) is 0. The minimum absolute atomic E-state index is 0.0400. The molecule has 1 saturated heterocycles. The molecule has 26 heavy (non-hydrogen) atoms. The SMILES string of the molecule is CC(=O)c1nc2ccccc2n1CC1CCCN(Cc2ccccc2)C1. The Morgan fingerprint density at radius 3 is 2.69 bits per heavy atom. The van der Waals surface area contributed by atoms with Crippen LogP contribution in [0.1, 0.15) is 35.9 Å². The lowest BCUT2D eigenvalue weighted by Gasteiger charge is -2.33. The van der Waals surface area contributed by atoms with Gasteiger partial charge in [0.2, 0.25) is 0 Å². The molecule has 1 aliphatic rings. The van der Waals surface area contributed by atoms with Crippen molar-refractivity contribution in [3.63, 3.8) is 0 Å². The van der Waals surface area contributed by atoms with Gasteiger partial charge in [-0.3, -0.25) is 9.69 Å². The number of fused-ring (bicyclic) bond motifs is 1. The second-order valence-corrected chi connectivity index (χ2v) is 7.32. The quantitative estimate of drug-likeness (QED) is 0.651. The van der Waals surface area contributed by atoms with Gasteiger partial charge in [-0.15, -0.1) is 0 Å². The van der Waals surface area contributed by atoms with Crippen molar-refractivity contribution in [3.8, 4) is 0 Å². The summed E-state index contributed by atoms with van der Waals surface area (Å²) in [6, 6.07) is 18.7. The van der Waals surface area contributed by atoms with E-state index in [2.05, 4.69) is 50.8 Å². The van der Waals surface area contributed by atoms with Crippen molar-refractivity contribution in [1.29, 1.82) is 0 Å². The number of rotatable bonds is 5. The van der Waals surface area contributed by atoms with Gasteiger partial charge in [0, 0.05) is 26.6 Å². The number of carbonyl (C=O) groups is 1. The minimum atomic E-state index is 0.0400. The Hall–Kier alpha value is -2.46. The van der Waals surface area contributed by atoms with E-state index in [-0.39, 0.29) is 5.78 Å². The van der Waals surface area contributed by atoms with Crippen LogP contribution in [-0.2, 0) is 13.1 Å². The number of likely N-dealkylation sites (tertiary alicyclic amines) is 1.